The van der Waals surface area contributed by atoms with Crippen LogP contribution in [0.25, 0.3) is 0 Å². The molecule has 0 fully saturated rings. The molecule has 0 saturated carbocycles. The molecule has 0 aliphatic carbocycles. The fraction of sp³-hybridized carbons (Fsp3) is 0.312. The van der Waals surface area contributed by atoms with Gasteiger partial charge in [-0.05, 0) is 38.6 Å². The van der Waals surface area contributed by atoms with Gasteiger partial charge in [0.15, 0.2) is 0 Å². The second-order valence-electron chi connectivity index (χ2n) is 5.11. The van der Waals surface area contributed by atoms with E-state index in [4.69, 9.17) is 0 Å². The van der Waals surface area contributed by atoms with Crippen LogP contribution in [0.3, 0.4) is 0 Å². The Morgan fingerprint density at radius 2 is 1.67 bits per heavy atom. The van der Waals surface area contributed by atoms with Gasteiger partial charge in [0.25, 0.3) is 0 Å². The van der Waals surface area contributed by atoms with Crippen LogP contribution in [0, 0.1) is 13.8 Å². The van der Waals surface area contributed by atoms with Crippen molar-refractivity contribution in [3.63, 3.8) is 0 Å². The standard InChI is InChI=1S/C16H17F3N2/c1-10-6-11(2)8-12(7-10)15(20-3)14-5-4-13(9-21-14)16(17,18)19/h4-9,15,20H,1-3H3. The minimum atomic E-state index is -4.36. The summed E-state index contributed by atoms with van der Waals surface area (Å²) in [6.45, 7) is 3.98. The highest BCUT2D eigenvalue weighted by molar-refractivity contribution is 5.35. The third kappa shape index (κ3) is 3.61. The second kappa shape index (κ2) is 5.85. The summed E-state index contributed by atoms with van der Waals surface area (Å²) in [5.74, 6) is 0. The van der Waals surface area contributed by atoms with Gasteiger partial charge in [-0.3, -0.25) is 4.98 Å². The first-order valence-corrected chi connectivity index (χ1v) is 6.60. The Balaban J connectivity index is 2.37. The van der Waals surface area contributed by atoms with Crippen molar-refractivity contribution >= 4 is 0 Å². The molecule has 0 bridgehead atoms. The van der Waals surface area contributed by atoms with E-state index in [1.54, 1.807) is 7.05 Å². The smallest absolute Gasteiger partial charge is 0.308 e. The van der Waals surface area contributed by atoms with Crippen molar-refractivity contribution in [3.8, 4) is 0 Å². The van der Waals surface area contributed by atoms with Crippen molar-refractivity contribution in [3.05, 3.63) is 64.5 Å². The van der Waals surface area contributed by atoms with E-state index in [2.05, 4.69) is 16.4 Å². The van der Waals surface area contributed by atoms with Crippen LogP contribution in [0.5, 0.6) is 0 Å². The zero-order valence-corrected chi connectivity index (χ0v) is 12.1. The Morgan fingerprint density at radius 1 is 1.05 bits per heavy atom. The summed E-state index contributed by atoms with van der Waals surface area (Å²) in [4.78, 5) is 3.97. The molecule has 1 aromatic heterocycles. The molecule has 21 heavy (non-hydrogen) atoms. The molecule has 112 valence electrons. The molecular formula is C16H17F3N2. The number of nitrogens with one attached hydrogen (secondary N) is 1. The molecule has 2 aromatic rings. The Morgan fingerprint density at radius 3 is 2.10 bits per heavy atom. The van der Waals surface area contributed by atoms with E-state index in [1.807, 2.05) is 26.0 Å². The summed E-state index contributed by atoms with van der Waals surface area (Å²) in [6, 6.07) is 8.32. The lowest BCUT2D eigenvalue weighted by molar-refractivity contribution is -0.137. The van der Waals surface area contributed by atoms with Crippen LogP contribution in [-0.4, -0.2) is 12.0 Å². The number of hydrogen-bond donors (Lipinski definition) is 1. The fourth-order valence-electron chi connectivity index (χ4n) is 2.41. The summed E-state index contributed by atoms with van der Waals surface area (Å²) in [6.07, 6.45) is -3.48. The van der Waals surface area contributed by atoms with Crippen LogP contribution >= 0.6 is 0 Å². The quantitative estimate of drug-likeness (QED) is 0.924. The maximum Gasteiger partial charge on any atom is 0.417 e. The van der Waals surface area contributed by atoms with Crippen LogP contribution in [0.4, 0.5) is 13.2 Å². The molecule has 1 heterocycles. The van der Waals surface area contributed by atoms with Crippen LogP contribution in [0.2, 0.25) is 0 Å². The number of aromatic nitrogens is 1. The molecule has 0 radical (unpaired) electrons. The second-order valence-corrected chi connectivity index (χ2v) is 5.11. The lowest BCUT2D eigenvalue weighted by Gasteiger charge is -2.18. The molecule has 2 rings (SSSR count). The van der Waals surface area contributed by atoms with E-state index in [-0.39, 0.29) is 6.04 Å². The van der Waals surface area contributed by atoms with Gasteiger partial charge in [0.05, 0.1) is 17.3 Å². The first-order chi connectivity index (χ1) is 9.81. The van der Waals surface area contributed by atoms with Gasteiger partial charge in [-0.1, -0.05) is 29.3 Å². The molecule has 1 unspecified atom stereocenters. The first-order valence-electron chi connectivity index (χ1n) is 6.60. The number of rotatable bonds is 3. The van der Waals surface area contributed by atoms with Gasteiger partial charge in [0.1, 0.15) is 0 Å². The lowest BCUT2D eigenvalue weighted by atomic mass is 9.98. The molecule has 1 aromatic carbocycles. The van der Waals surface area contributed by atoms with E-state index in [0.29, 0.717) is 5.69 Å². The molecule has 5 heteroatoms. The molecule has 1 N–H and O–H groups in total. The fourth-order valence-corrected chi connectivity index (χ4v) is 2.41. The SMILES string of the molecule is CNC(c1cc(C)cc(C)c1)c1ccc(C(F)(F)F)cn1. The topological polar surface area (TPSA) is 24.9 Å². The maximum absolute atomic E-state index is 12.6. The van der Waals surface area contributed by atoms with Crippen LogP contribution in [-0.2, 0) is 6.18 Å². The van der Waals surface area contributed by atoms with Crippen LogP contribution < -0.4 is 5.32 Å². The number of nitrogens with zero attached hydrogens (tertiary/aromatic N) is 1. The van der Waals surface area contributed by atoms with Gasteiger partial charge in [-0.2, -0.15) is 13.2 Å². The molecule has 0 spiro atoms. The van der Waals surface area contributed by atoms with Crippen molar-refractivity contribution in [2.24, 2.45) is 0 Å². The molecule has 2 nitrogen and oxygen atoms in total. The van der Waals surface area contributed by atoms with E-state index in [0.717, 1.165) is 29.0 Å². The highest BCUT2D eigenvalue weighted by Gasteiger charge is 2.31. The summed E-state index contributed by atoms with van der Waals surface area (Å²) < 4.78 is 37.7. The molecule has 0 amide bonds. The highest BCUT2D eigenvalue weighted by atomic mass is 19.4. The number of hydrogen-bond acceptors (Lipinski definition) is 2. The van der Waals surface area contributed by atoms with Crippen molar-refractivity contribution < 1.29 is 13.2 Å². The normalized spacial score (nSPS) is 13.2. The maximum atomic E-state index is 12.6. The van der Waals surface area contributed by atoms with Crippen molar-refractivity contribution in [1.82, 2.24) is 10.3 Å². The number of aryl methyl sites for hydroxylation is 2. The largest absolute Gasteiger partial charge is 0.417 e. The Bertz CT molecular complexity index is 598. The third-order valence-corrected chi connectivity index (χ3v) is 3.28. The summed E-state index contributed by atoms with van der Waals surface area (Å²) in [5, 5.41) is 3.10. The van der Waals surface area contributed by atoms with Crippen molar-refractivity contribution in [1.29, 1.82) is 0 Å². The van der Waals surface area contributed by atoms with Gasteiger partial charge >= 0.3 is 6.18 Å². The predicted octanol–water partition coefficient (Wildman–Crippen LogP) is 4.03. The first kappa shape index (κ1) is 15.5. The van der Waals surface area contributed by atoms with Gasteiger partial charge in [-0.25, -0.2) is 0 Å². The van der Waals surface area contributed by atoms with E-state index < -0.39 is 11.7 Å². The summed E-state index contributed by atoms with van der Waals surface area (Å²) >= 11 is 0. The predicted molar refractivity (Wildman–Crippen MR) is 76.1 cm³/mol. The van der Waals surface area contributed by atoms with Gasteiger partial charge in [-0.15, -0.1) is 0 Å². The number of pyridine rings is 1. The van der Waals surface area contributed by atoms with E-state index in [1.165, 1.54) is 6.07 Å². The molecular weight excluding hydrogens is 277 g/mol. The van der Waals surface area contributed by atoms with Gasteiger partial charge < -0.3 is 5.32 Å². The average Bonchev–Trinajstić information content (AvgIpc) is 2.38. The summed E-state index contributed by atoms with van der Waals surface area (Å²) in [5.41, 5.74) is 3.04. The molecule has 0 saturated heterocycles. The Hall–Kier alpha value is -1.88. The number of halogens is 3. The average molecular weight is 294 g/mol. The zero-order valence-electron chi connectivity index (χ0n) is 12.1. The van der Waals surface area contributed by atoms with Gasteiger partial charge in [0.2, 0.25) is 0 Å². The zero-order chi connectivity index (χ0) is 15.6. The van der Waals surface area contributed by atoms with E-state index in [9.17, 15) is 13.2 Å². The molecule has 1 atom stereocenters. The van der Waals surface area contributed by atoms with Gasteiger partial charge in [0, 0.05) is 6.20 Å². The molecule has 0 aliphatic rings. The minimum Gasteiger partial charge on any atom is -0.308 e. The lowest BCUT2D eigenvalue weighted by Crippen LogP contribution is -2.19. The Labute approximate surface area is 122 Å². The number of alkyl halides is 3. The van der Waals surface area contributed by atoms with Crippen molar-refractivity contribution in [2.45, 2.75) is 26.1 Å². The monoisotopic (exact) mass is 294 g/mol. The third-order valence-electron chi connectivity index (χ3n) is 3.28. The Kier molecular flexibility index (Phi) is 4.32. The molecule has 0 aliphatic heterocycles. The van der Waals surface area contributed by atoms with Crippen molar-refractivity contribution in [2.75, 3.05) is 7.05 Å². The highest BCUT2D eigenvalue weighted by Crippen LogP contribution is 2.30. The van der Waals surface area contributed by atoms with E-state index >= 15 is 0 Å². The number of benzene rings is 1. The minimum absolute atomic E-state index is 0.231. The van der Waals surface area contributed by atoms with Crippen LogP contribution in [0.15, 0.2) is 36.5 Å². The summed E-state index contributed by atoms with van der Waals surface area (Å²) in [7, 11) is 1.77. The van der Waals surface area contributed by atoms with Crippen LogP contribution in [0.1, 0.15) is 34.0 Å².